The number of hydrogen-bond acceptors (Lipinski definition) is 6. The molecule has 1 amide bonds. The largest absolute Gasteiger partial charge is 0.480 e. The lowest BCUT2D eigenvalue weighted by molar-refractivity contribution is -0.116. The van der Waals surface area contributed by atoms with Crippen LogP contribution < -0.4 is 9.64 Å². The SMILES string of the molecule is CC(=O)N(C1=CC(=O)/C(=C/c2ccccc2OCC#CC2(O)CCOCC2)S1)c1ccccc1C. The highest BCUT2D eigenvalue weighted by atomic mass is 32.2. The van der Waals surface area contributed by atoms with Crippen molar-refractivity contribution in [2.24, 2.45) is 0 Å². The number of aryl methyl sites for hydroxylation is 1. The maximum Gasteiger partial charge on any atom is 0.228 e. The summed E-state index contributed by atoms with van der Waals surface area (Å²) in [4.78, 5) is 27.4. The van der Waals surface area contributed by atoms with Gasteiger partial charge in [0.2, 0.25) is 5.91 Å². The standard InChI is InChI=1S/C28H27NO5S/c1-20-8-3-5-10-23(20)29(21(2)30)27-19-24(31)26(35-27)18-22-9-4-6-11-25(22)34-15-7-12-28(32)13-16-33-17-14-28/h3-6,8-11,18-19,32H,13-17H2,1-2H3/b26-18-. The second-order valence-electron chi connectivity index (χ2n) is 8.37. The van der Waals surface area contributed by atoms with Crippen LogP contribution in [0.3, 0.4) is 0 Å². The Morgan fingerprint density at radius 2 is 1.91 bits per heavy atom. The third-order valence-electron chi connectivity index (χ3n) is 5.75. The molecule has 2 aliphatic heterocycles. The predicted octanol–water partition coefficient (Wildman–Crippen LogP) is 4.47. The van der Waals surface area contributed by atoms with E-state index in [2.05, 4.69) is 11.8 Å². The minimum Gasteiger partial charge on any atom is -0.480 e. The van der Waals surface area contributed by atoms with E-state index in [0.29, 0.717) is 41.7 Å². The molecule has 2 aliphatic rings. The van der Waals surface area contributed by atoms with Crippen LogP contribution in [0.5, 0.6) is 5.75 Å². The van der Waals surface area contributed by atoms with Gasteiger partial charge in [-0.3, -0.25) is 14.5 Å². The quantitative estimate of drug-likeness (QED) is 0.493. The van der Waals surface area contributed by atoms with Gasteiger partial charge in [-0.15, -0.1) is 0 Å². The van der Waals surface area contributed by atoms with Crippen LogP contribution in [0.4, 0.5) is 5.69 Å². The van der Waals surface area contributed by atoms with Crippen LogP contribution in [0.1, 0.15) is 30.9 Å². The van der Waals surface area contributed by atoms with E-state index in [9.17, 15) is 14.7 Å². The molecule has 1 saturated heterocycles. The molecule has 0 radical (unpaired) electrons. The summed E-state index contributed by atoms with van der Waals surface area (Å²) in [5.74, 6) is 6.05. The first-order valence-electron chi connectivity index (χ1n) is 11.4. The highest BCUT2D eigenvalue weighted by Crippen LogP contribution is 2.40. The number of para-hydroxylation sites is 2. The minimum absolute atomic E-state index is 0.110. The van der Waals surface area contributed by atoms with E-state index in [-0.39, 0.29) is 18.3 Å². The van der Waals surface area contributed by atoms with Crippen LogP contribution in [0.15, 0.2) is 64.5 Å². The van der Waals surface area contributed by atoms with Crippen LogP contribution >= 0.6 is 11.8 Å². The smallest absolute Gasteiger partial charge is 0.228 e. The van der Waals surface area contributed by atoms with E-state index in [1.54, 1.807) is 11.0 Å². The normalized spacial score (nSPS) is 18.0. The molecule has 4 rings (SSSR count). The van der Waals surface area contributed by atoms with Crippen LogP contribution in [0.25, 0.3) is 6.08 Å². The first-order chi connectivity index (χ1) is 16.9. The number of ether oxygens (including phenoxy) is 2. The van der Waals surface area contributed by atoms with E-state index in [1.807, 2.05) is 55.5 Å². The van der Waals surface area contributed by atoms with Gasteiger partial charge in [0.25, 0.3) is 0 Å². The van der Waals surface area contributed by atoms with Crippen molar-refractivity contribution in [3.63, 3.8) is 0 Å². The fourth-order valence-corrected chi connectivity index (χ4v) is 4.92. The molecule has 6 nitrogen and oxygen atoms in total. The second kappa shape index (κ2) is 11.0. The third kappa shape index (κ3) is 6.04. The Labute approximate surface area is 209 Å². The summed E-state index contributed by atoms with van der Waals surface area (Å²) >= 11 is 1.26. The minimum atomic E-state index is -1.03. The number of rotatable bonds is 5. The van der Waals surface area contributed by atoms with Gasteiger partial charge in [-0.05, 0) is 30.7 Å². The Kier molecular flexibility index (Phi) is 7.76. The first kappa shape index (κ1) is 24.8. The number of anilines is 1. The van der Waals surface area contributed by atoms with E-state index in [1.165, 1.54) is 24.8 Å². The monoisotopic (exact) mass is 489 g/mol. The van der Waals surface area contributed by atoms with E-state index >= 15 is 0 Å². The van der Waals surface area contributed by atoms with Gasteiger partial charge < -0.3 is 14.6 Å². The molecule has 7 heteroatoms. The number of nitrogens with zero attached hydrogens (tertiary/aromatic N) is 1. The molecule has 0 bridgehead atoms. The van der Waals surface area contributed by atoms with Crippen molar-refractivity contribution < 1.29 is 24.2 Å². The molecule has 0 aliphatic carbocycles. The molecule has 2 aromatic carbocycles. The van der Waals surface area contributed by atoms with Crippen molar-refractivity contribution in [3.8, 4) is 17.6 Å². The molecule has 0 unspecified atom stereocenters. The molecule has 2 aromatic rings. The second-order valence-corrected chi connectivity index (χ2v) is 9.43. The average molecular weight is 490 g/mol. The molecular formula is C28H27NO5S. The summed E-state index contributed by atoms with van der Waals surface area (Å²) in [6.45, 7) is 4.52. The van der Waals surface area contributed by atoms with Gasteiger partial charge in [0.05, 0.1) is 28.8 Å². The zero-order valence-corrected chi connectivity index (χ0v) is 20.6. The summed E-state index contributed by atoms with van der Waals surface area (Å²) in [6.07, 6.45) is 4.23. The van der Waals surface area contributed by atoms with Gasteiger partial charge in [-0.2, -0.15) is 0 Å². The Morgan fingerprint density at radius 3 is 2.66 bits per heavy atom. The van der Waals surface area contributed by atoms with Crippen molar-refractivity contribution in [3.05, 3.63) is 75.7 Å². The number of carbonyl (C=O) groups is 2. The molecule has 180 valence electrons. The molecule has 0 aromatic heterocycles. The number of aliphatic hydroxyl groups is 1. The maximum absolute atomic E-state index is 12.8. The molecule has 0 saturated carbocycles. The number of hydrogen-bond donors (Lipinski definition) is 1. The van der Waals surface area contributed by atoms with Crippen molar-refractivity contribution in [1.29, 1.82) is 0 Å². The Balaban J connectivity index is 1.50. The van der Waals surface area contributed by atoms with E-state index < -0.39 is 5.60 Å². The molecule has 0 spiro atoms. The van der Waals surface area contributed by atoms with Gasteiger partial charge in [-0.25, -0.2) is 0 Å². The predicted molar refractivity (Wildman–Crippen MR) is 138 cm³/mol. The average Bonchev–Trinajstić information content (AvgIpc) is 3.19. The molecular weight excluding hydrogens is 462 g/mol. The van der Waals surface area contributed by atoms with Gasteiger partial charge in [0.15, 0.2) is 5.78 Å². The fourth-order valence-electron chi connectivity index (χ4n) is 3.87. The van der Waals surface area contributed by atoms with Gasteiger partial charge >= 0.3 is 0 Å². The molecule has 1 fully saturated rings. The number of amides is 1. The van der Waals surface area contributed by atoms with Crippen molar-refractivity contribution >= 4 is 35.2 Å². The summed E-state index contributed by atoms with van der Waals surface area (Å²) in [7, 11) is 0. The highest BCUT2D eigenvalue weighted by Gasteiger charge is 2.29. The van der Waals surface area contributed by atoms with Gasteiger partial charge in [0.1, 0.15) is 18.0 Å². The van der Waals surface area contributed by atoms with Crippen LogP contribution in [-0.4, -0.2) is 42.2 Å². The molecule has 1 N–H and O–H groups in total. The van der Waals surface area contributed by atoms with Crippen molar-refractivity contribution in [1.82, 2.24) is 0 Å². The number of allylic oxidation sites excluding steroid dienone is 2. The Morgan fingerprint density at radius 1 is 1.20 bits per heavy atom. The van der Waals surface area contributed by atoms with Gasteiger partial charge in [0, 0.05) is 31.4 Å². The summed E-state index contributed by atoms with van der Waals surface area (Å²) < 4.78 is 11.1. The molecule has 35 heavy (non-hydrogen) atoms. The lowest BCUT2D eigenvalue weighted by Gasteiger charge is -2.26. The number of ketones is 1. The summed E-state index contributed by atoms with van der Waals surface area (Å²) in [5, 5.41) is 11.0. The van der Waals surface area contributed by atoms with Crippen LogP contribution in [0.2, 0.25) is 0 Å². The topological polar surface area (TPSA) is 76.1 Å². The maximum atomic E-state index is 12.8. The lowest BCUT2D eigenvalue weighted by atomic mass is 9.95. The number of thioether (sulfide) groups is 1. The zero-order chi connectivity index (χ0) is 24.8. The number of carbonyl (C=O) groups excluding carboxylic acids is 2. The van der Waals surface area contributed by atoms with Gasteiger partial charge in [-0.1, -0.05) is 60.0 Å². The fraction of sp³-hybridized carbons (Fsp3) is 0.286. The van der Waals surface area contributed by atoms with Crippen molar-refractivity contribution in [2.75, 3.05) is 24.7 Å². The third-order valence-corrected chi connectivity index (χ3v) is 6.80. The van der Waals surface area contributed by atoms with Crippen LogP contribution in [-0.2, 0) is 14.3 Å². The van der Waals surface area contributed by atoms with Crippen molar-refractivity contribution in [2.45, 2.75) is 32.3 Å². The first-order valence-corrected chi connectivity index (χ1v) is 12.2. The number of benzene rings is 2. The molecule has 2 heterocycles. The summed E-state index contributed by atoms with van der Waals surface area (Å²) in [6, 6.07) is 15.0. The summed E-state index contributed by atoms with van der Waals surface area (Å²) in [5.41, 5.74) is 1.40. The zero-order valence-electron chi connectivity index (χ0n) is 19.7. The lowest BCUT2D eigenvalue weighted by Crippen LogP contribution is -2.34. The Hall–Kier alpha value is -3.31. The highest BCUT2D eigenvalue weighted by molar-refractivity contribution is 8.08. The Bertz CT molecular complexity index is 1250. The molecule has 0 atom stereocenters. The van der Waals surface area contributed by atoms with E-state index in [4.69, 9.17) is 9.47 Å². The van der Waals surface area contributed by atoms with Crippen LogP contribution in [0, 0.1) is 18.8 Å². The van der Waals surface area contributed by atoms with E-state index in [0.717, 1.165) is 16.8 Å².